The van der Waals surface area contributed by atoms with Gasteiger partial charge >= 0.3 is 0 Å². The first kappa shape index (κ1) is 17.8. The summed E-state index contributed by atoms with van der Waals surface area (Å²) in [5.74, 6) is 0.0447. The van der Waals surface area contributed by atoms with Gasteiger partial charge in [-0.25, -0.2) is 13.1 Å². The summed E-state index contributed by atoms with van der Waals surface area (Å²) in [6, 6.07) is 13.2. The van der Waals surface area contributed by atoms with Crippen molar-refractivity contribution >= 4 is 21.6 Å². The Morgan fingerprint density at radius 2 is 1.75 bits per heavy atom. The number of carbonyl (C=O) groups excluding carboxylic acids is 1. The molecular formula is C16H18N2O5S. The van der Waals surface area contributed by atoms with Crippen LogP contribution in [0.15, 0.2) is 53.4 Å². The van der Waals surface area contributed by atoms with Gasteiger partial charge in [-0.05, 0) is 24.3 Å². The number of hydrogen-bond donors (Lipinski definition) is 2. The van der Waals surface area contributed by atoms with Gasteiger partial charge in [0.05, 0.1) is 20.8 Å². The van der Waals surface area contributed by atoms with Crippen molar-refractivity contribution < 1.29 is 22.7 Å². The van der Waals surface area contributed by atoms with E-state index in [1.807, 2.05) is 6.07 Å². The fraction of sp³-hybridized carbons (Fsp3) is 0.188. The molecule has 0 saturated carbocycles. The average molecular weight is 350 g/mol. The fourth-order valence-electron chi connectivity index (χ4n) is 1.96. The molecule has 0 fully saturated rings. The molecule has 0 bridgehead atoms. The maximum Gasteiger partial charge on any atom is 0.244 e. The lowest BCUT2D eigenvalue weighted by Gasteiger charge is -2.12. The molecule has 0 saturated heterocycles. The van der Waals surface area contributed by atoms with Crippen molar-refractivity contribution in [1.82, 2.24) is 4.72 Å². The van der Waals surface area contributed by atoms with Gasteiger partial charge in [-0.2, -0.15) is 0 Å². The van der Waals surface area contributed by atoms with Crippen molar-refractivity contribution in [3.8, 4) is 11.5 Å². The number of anilines is 1. The van der Waals surface area contributed by atoms with E-state index in [2.05, 4.69) is 10.0 Å². The largest absolute Gasteiger partial charge is 0.497 e. The highest BCUT2D eigenvalue weighted by Crippen LogP contribution is 2.27. The topological polar surface area (TPSA) is 93.7 Å². The van der Waals surface area contributed by atoms with Crippen LogP contribution < -0.4 is 19.5 Å². The number of hydrogen-bond acceptors (Lipinski definition) is 5. The first-order valence-corrected chi connectivity index (χ1v) is 8.51. The lowest BCUT2D eigenvalue weighted by molar-refractivity contribution is -0.115. The van der Waals surface area contributed by atoms with Gasteiger partial charge in [-0.15, -0.1) is 0 Å². The maximum atomic E-state index is 12.4. The normalized spacial score (nSPS) is 10.9. The number of sulfonamides is 1. The third-order valence-electron chi connectivity index (χ3n) is 3.14. The van der Waals surface area contributed by atoms with Crippen LogP contribution in [0.3, 0.4) is 0 Å². The Hall–Kier alpha value is -2.58. The summed E-state index contributed by atoms with van der Waals surface area (Å²) >= 11 is 0. The number of amides is 1. The molecule has 0 aliphatic heterocycles. The highest BCUT2D eigenvalue weighted by molar-refractivity contribution is 7.89. The van der Waals surface area contributed by atoms with Crippen LogP contribution in [-0.2, 0) is 14.8 Å². The first-order valence-electron chi connectivity index (χ1n) is 7.03. The van der Waals surface area contributed by atoms with Crippen LogP contribution in [0.25, 0.3) is 0 Å². The van der Waals surface area contributed by atoms with Crippen LogP contribution in [0.5, 0.6) is 11.5 Å². The number of carbonyl (C=O) groups is 1. The molecule has 24 heavy (non-hydrogen) atoms. The molecule has 2 N–H and O–H groups in total. The molecule has 1 amide bonds. The Morgan fingerprint density at radius 3 is 2.38 bits per heavy atom. The standard InChI is InChI=1S/C16H18N2O5S/c1-22-13-8-9-14(23-2)15(10-13)24(20,21)17-11-16(19)18-12-6-4-3-5-7-12/h3-10,17H,11H2,1-2H3,(H,18,19). The van der Waals surface area contributed by atoms with Crippen molar-refractivity contribution in [2.45, 2.75) is 4.90 Å². The zero-order valence-corrected chi connectivity index (χ0v) is 14.1. The van der Waals surface area contributed by atoms with E-state index in [1.165, 1.54) is 26.4 Å². The van der Waals surface area contributed by atoms with Crippen LogP contribution in [-0.4, -0.2) is 35.1 Å². The molecule has 2 aromatic carbocycles. The molecule has 2 aromatic rings. The smallest absolute Gasteiger partial charge is 0.244 e. The van der Waals surface area contributed by atoms with Gasteiger partial charge in [0, 0.05) is 11.8 Å². The molecule has 0 radical (unpaired) electrons. The molecule has 0 aliphatic carbocycles. The van der Waals surface area contributed by atoms with Gasteiger partial charge in [0.25, 0.3) is 0 Å². The minimum atomic E-state index is -3.94. The Balaban J connectivity index is 2.10. The van der Waals surface area contributed by atoms with Crippen LogP contribution in [0.4, 0.5) is 5.69 Å². The average Bonchev–Trinajstić information content (AvgIpc) is 2.60. The summed E-state index contributed by atoms with van der Waals surface area (Å²) in [5.41, 5.74) is 0.584. The predicted octanol–water partition coefficient (Wildman–Crippen LogP) is 1.62. The summed E-state index contributed by atoms with van der Waals surface area (Å²) in [5, 5.41) is 2.60. The highest BCUT2D eigenvalue weighted by Gasteiger charge is 2.21. The van der Waals surface area contributed by atoms with E-state index in [9.17, 15) is 13.2 Å². The number of methoxy groups -OCH3 is 2. The molecule has 0 spiro atoms. The number of rotatable bonds is 7. The number of ether oxygens (including phenoxy) is 2. The predicted molar refractivity (Wildman–Crippen MR) is 89.8 cm³/mol. The summed E-state index contributed by atoms with van der Waals surface area (Å²) in [6.45, 7) is -0.405. The molecular weight excluding hydrogens is 332 g/mol. The van der Waals surface area contributed by atoms with E-state index in [0.29, 0.717) is 11.4 Å². The minimum absolute atomic E-state index is 0.100. The van der Waals surface area contributed by atoms with Crippen molar-refractivity contribution in [2.75, 3.05) is 26.1 Å². The number of para-hydroxylation sites is 1. The van der Waals surface area contributed by atoms with Gasteiger partial charge in [-0.1, -0.05) is 18.2 Å². The van der Waals surface area contributed by atoms with Crippen molar-refractivity contribution in [3.63, 3.8) is 0 Å². The molecule has 7 nitrogen and oxygen atoms in total. The Bertz CT molecular complexity index is 806. The van der Waals surface area contributed by atoms with Crippen molar-refractivity contribution in [3.05, 3.63) is 48.5 Å². The third kappa shape index (κ3) is 4.46. The lowest BCUT2D eigenvalue weighted by atomic mass is 10.3. The van der Waals surface area contributed by atoms with Gasteiger partial charge in [-0.3, -0.25) is 4.79 Å². The second-order valence-electron chi connectivity index (χ2n) is 4.76. The van der Waals surface area contributed by atoms with Crippen LogP contribution in [0, 0.1) is 0 Å². The lowest BCUT2D eigenvalue weighted by Crippen LogP contribution is -2.33. The van der Waals surface area contributed by atoms with Crippen molar-refractivity contribution in [1.29, 1.82) is 0 Å². The monoisotopic (exact) mass is 350 g/mol. The fourth-order valence-corrected chi connectivity index (χ4v) is 3.12. The van der Waals surface area contributed by atoms with Crippen LogP contribution in [0.1, 0.15) is 0 Å². The van der Waals surface area contributed by atoms with Gasteiger partial charge in [0.2, 0.25) is 15.9 Å². The summed E-state index contributed by atoms with van der Waals surface area (Å²) in [4.78, 5) is 11.8. The maximum absolute atomic E-state index is 12.4. The van der Waals surface area contributed by atoms with Gasteiger partial charge in [0.1, 0.15) is 16.4 Å². The Morgan fingerprint density at radius 1 is 1.04 bits per heavy atom. The van der Waals surface area contributed by atoms with E-state index in [1.54, 1.807) is 30.3 Å². The quantitative estimate of drug-likeness (QED) is 0.791. The second kappa shape index (κ2) is 7.80. The first-order chi connectivity index (χ1) is 11.5. The number of nitrogens with one attached hydrogen (secondary N) is 2. The molecule has 128 valence electrons. The second-order valence-corrected chi connectivity index (χ2v) is 6.49. The molecule has 8 heteroatoms. The van der Waals surface area contributed by atoms with Crippen LogP contribution >= 0.6 is 0 Å². The summed E-state index contributed by atoms with van der Waals surface area (Å²) in [6.07, 6.45) is 0. The van der Waals surface area contributed by atoms with E-state index < -0.39 is 22.5 Å². The molecule has 0 unspecified atom stereocenters. The van der Waals surface area contributed by atoms with E-state index >= 15 is 0 Å². The molecule has 0 aliphatic rings. The van der Waals surface area contributed by atoms with Gasteiger partial charge < -0.3 is 14.8 Å². The minimum Gasteiger partial charge on any atom is -0.497 e. The van der Waals surface area contributed by atoms with Gasteiger partial charge in [0.15, 0.2) is 0 Å². The zero-order valence-electron chi connectivity index (χ0n) is 13.3. The number of benzene rings is 2. The van der Waals surface area contributed by atoms with E-state index in [4.69, 9.17) is 9.47 Å². The molecule has 0 aromatic heterocycles. The zero-order chi connectivity index (χ0) is 17.6. The molecule has 0 heterocycles. The Kier molecular flexibility index (Phi) is 5.78. The summed E-state index contributed by atoms with van der Waals surface area (Å²) in [7, 11) is -1.15. The van der Waals surface area contributed by atoms with Crippen LogP contribution in [0.2, 0.25) is 0 Å². The molecule has 2 rings (SSSR count). The Labute approximate surface area is 140 Å². The summed E-state index contributed by atoms with van der Waals surface area (Å²) < 4.78 is 37.2. The molecule has 0 atom stereocenters. The van der Waals surface area contributed by atoms with E-state index in [-0.39, 0.29) is 10.6 Å². The van der Waals surface area contributed by atoms with E-state index in [0.717, 1.165) is 0 Å². The van der Waals surface area contributed by atoms with Crippen molar-refractivity contribution in [2.24, 2.45) is 0 Å². The highest BCUT2D eigenvalue weighted by atomic mass is 32.2. The third-order valence-corrected chi connectivity index (χ3v) is 4.56. The SMILES string of the molecule is COc1ccc(OC)c(S(=O)(=O)NCC(=O)Nc2ccccc2)c1.